The quantitative estimate of drug-likeness (QED) is 0.789. The summed E-state index contributed by atoms with van der Waals surface area (Å²) in [6.45, 7) is 3.05. The number of rotatable bonds is 3. The molecule has 0 spiro atoms. The zero-order valence-electron chi connectivity index (χ0n) is 9.24. The van der Waals surface area contributed by atoms with Crippen LogP contribution in [0, 0.1) is 5.41 Å². The highest BCUT2D eigenvalue weighted by molar-refractivity contribution is 9.09. The molecule has 1 aliphatic heterocycles. The van der Waals surface area contributed by atoms with Gasteiger partial charge in [0.25, 0.3) is 0 Å². The van der Waals surface area contributed by atoms with Crippen LogP contribution in [0.25, 0.3) is 0 Å². The first kappa shape index (κ1) is 11.1. The standard InChI is InChI=1S/C11H17BrN2O/c1-9-11(8-12,3-4-15-9)5-10-6-13-14(2)7-10/h6-7,9H,3-5,8H2,1-2H3. The molecule has 0 amide bonds. The molecule has 0 N–H and O–H groups in total. The van der Waals surface area contributed by atoms with E-state index in [1.807, 2.05) is 17.9 Å². The van der Waals surface area contributed by atoms with Crippen molar-refractivity contribution in [2.75, 3.05) is 11.9 Å². The Morgan fingerprint density at radius 3 is 3.00 bits per heavy atom. The van der Waals surface area contributed by atoms with Crippen molar-refractivity contribution in [2.45, 2.75) is 25.9 Å². The Bertz CT molecular complexity index is 339. The summed E-state index contributed by atoms with van der Waals surface area (Å²) in [6.07, 6.45) is 6.56. The van der Waals surface area contributed by atoms with Gasteiger partial charge in [-0.05, 0) is 25.3 Å². The second kappa shape index (κ2) is 4.26. The lowest BCUT2D eigenvalue weighted by Crippen LogP contribution is -2.32. The van der Waals surface area contributed by atoms with Crippen LogP contribution in [0.4, 0.5) is 0 Å². The minimum atomic E-state index is 0.253. The number of nitrogens with zero attached hydrogens (tertiary/aromatic N) is 2. The monoisotopic (exact) mass is 272 g/mol. The molecule has 0 bridgehead atoms. The average Bonchev–Trinajstić information content (AvgIpc) is 2.76. The molecule has 2 rings (SSSR count). The van der Waals surface area contributed by atoms with E-state index in [-0.39, 0.29) is 5.41 Å². The van der Waals surface area contributed by atoms with Gasteiger partial charge in [0.15, 0.2) is 0 Å². The third-order valence-electron chi connectivity index (χ3n) is 3.41. The average molecular weight is 273 g/mol. The van der Waals surface area contributed by atoms with E-state index < -0.39 is 0 Å². The molecule has 0 aromatic carbocycles. The van der Waals surface area contributed by atoms with Gasteiger partial charge in [-0.3, -0.25) is 4.68 Å². The lowest BCUT2D eigenvalue weighted by molar-refractivity contribution is 0.0746. The van der Waals surface area contributed by atoms with Gasteiger partial charge in [0.05, 0.1) is 12.3 Å². The van der Waals surface area contributed by atoms with E-state index in [9.17, 15) is 0 Å². The van der Waals surface area contributed by atoms with Gasteiger partial charge in [0.1, 0.15) is 0 Å². The maximum absolute atomic E-state index is 5.68. The molecule has 2 atom stereocenters. The maximum Gasteiger partial charge on any atom is 0.0615 e. The number of ether oxygens (including phenoxy) is 1. The Morgan fingerprint density at radius 2 is 2.53 bits per heavy atom. The largest absolute Gasteiger partial charge is 0.378 e. The van der Waals surface area contributed by atoms with Crippen molar-refractivity contribution in [1.29, 1.82) is 0 Å². The Hall–Kier alpha value is -0.350. The highest BCUT2D eigenvalue weighted by Gasteiger charge is 2.40. The van der Waals surface area contributed by atoms with Crippen LogP contribution in [0.2, 0.25) is 0 Å². The lowest BCUT2D eigenvalue weighted by atomic mass is 9.79. The Labute approximate surface area is 98.9 Å². The minimum Gasteiger partial charge on any atom is -0.378 e. The number of hydrogen-bond donors (Lipinski definition) is 0. The molecule has 0 radical (unpaired) electrons. The van der Waals surface area contributed by atoms with Crippen LogP contribution in [0.5, 0.6) is 0 Å². The van der Waals surface area contributed by atoms with Crippen molar-refractivity contribution in [3.8, 4) is 0 Å². The van der Waals surface area contributed by atoms with Crippen molar-refractivity contribution in [3.05, 3.63) is 18.0 Å². The normalized spacial score (nSPS) is 31.0. The molecule has 84 valence electrons. The van der Waals surface area contributed by atoms with E-state index in [1.165, 1.54) is 5.56 Å². The summed E-state index contributed by atoms with van der Waals surface area (Å²) in [6, 6.07) is 0. The van der Waals surface area contributed by atoms with Crippen LogP contribution < -0.4 is 0 Å². The van der Waals surface area contributed by atoms with Crippen LogP contribution in [0.3, 0.4) is 0 Å². The van der Waals surface area contributed by atoms with Crippen molar-refractivity contribution in [3.63, 3.8) is 0 Å². The molecule has 0 saturated carbocycles. The molecule has 2 unspecified atom stereocenters. The topological polar surface area (TPSA) is 27.1 Å². The van der Waals surface area contributed by atoms with Gasteiger partial charge in [0, 0.05) is 30.6 Å². The van der Waals surface area contributed by atoms with Crippen molar-refractivity contribution >= 4 is 15.9 Å². The third-order valence-corrected chi connectivity index (χ3v) is 4.53. The number of halogens is 1. The van der Waals surface area contributed by atoms with Crippen molar-refractivity contribution in [1.82, 2.24) is 9.78 Å². The van der Waals surface area contributed by atoms with Crippen LogP contribution in [0.1, 0.15) is 18.9 Å². The molecule has 1 aliphatic rings. The molecule has 2 heterocycles. The second-order valence-electron chi connectivity index (χ2n) is 4.46. The first-order chi connectivity index (χ1) is 7.16. The highest BCUT2D eigenvalue weighted by Crippen LogP contribution is 2.39. The van der Waals surface area contributed by atoms with Crippen molar-refractivity contribution in [2.24, 2.45) is 12.5 Å². The lowest BCUT2D eigenvalue weighted by Gasteiger charge is -2.29. The summed E-state index contributed by atoms with van der Waals surface area (Å²) in [5, 5.41) is 5.21. The van der Waals surface area contributed by atoms with Gasteiger partial charge in [-0.15, -0.1) is 0 Å². The SMILES string of the molecule is CC1OCCC1(CBr)Cc1cnn(C)c1. The molecule has 15 heavy (non-hydrogen) atoms. The predicted molar refractivity (Wildman–Crippen MR) is 63.2 cm³/mol. The van der Waals surface area contributed by atoms with E-state index in [4.69, 9.17) is 4.74 Å². The zero-order chi connectivity index (χ0) is 10.9. The molecule has 1 aromatic rings. The third kappa shape index (κ3) is 2.11. The predicted octanol–water partition coefficient (Wildman–Crippen LogP) is 2.15. The summed E-state index contributed by atoms with van der Waals surface area (Å²) in [5.41, 5.74) is 1.55. The van der Waals surface area contributed by atoms with Gasteiger partial charge in [-0.2, -0.15) is 5.10 Å². The fraction of sp³-hybridized carbons (Fsp3) is 0.727. The first-order valence-electron chi connectivity index (χ1n) is 5.31. The minimum absolute atomic E-state index is 0.253. The number of aromatic nitrogens is 2. The molecular formula is C11H17BrN2O. The summed E-state index contributed by atoms with van der Waals surface area (Å²) in [5.74, 6) is 0. The summed E-state index contributed by atoms with van der Waals surface area (Å²) < 4.78 is 7.54. The molecule has 1 fully saturated rings. The fourth-order valence-electron chi connectivity index (χ4n) is 2.24. The summed E-state index contributed by atoms with van der Waals surface area (Å²) >= 11 is 3.63. The number of aryl methyl sites for hydroxylation is 1. The van der Waals surface area contributed by atoms with E-state index >= 15 is 0 Å². The van der Waals surface area contributed by atoms with Crippen LogP contribution in [-0.4, -0.2) is 27.8 Å². The van der Waals surface area contributed by atoms with E-state index in [0.29, 0.717) is 6.10 Å². The van der Waals surface area contributed by atoms with Gasteiger partial charge in [-0.25, -0.2) is 0 Å². The van der Waals surface area contributed by atoms with E-state index in [0.717, 1.165) is 24.8 Å². The summed E-state index contributed by atoms with van der Waals surface area (Å²) in [4.78, 5) is 0. The maximum atomic E-state index is 5.68. The summed E-state index contributed by atoms with van der Waals surface area (Å²) in [7, 11) is 1.96. The van der Waals surface area contributed by atoms with Gasteiger partial charge < -0.3 is 4.74 Å². The van der Waals surface area contributed by atoms with Gasteiger partial charge in [-0.1, -0.05) is 15.9 Å². The van der Waals surface area contributed by atoms with Crippen LogP contribution >= 0.6 is 15.9 Å². The molecule has 0 aliphatic carbocycles. The Kier molecular flexibility index (Phi) is 3.16. The fourth-order valence-corrected chi connectivity index (χ4v) is 3.18. The first-order valence-corrected chi connectivity index (χ1v) is 6.43. The van der Waals surface area contributed by atoms with E-state index in [1.54, 1.807) is 0 Å². The highest BCUT2D eigenvalue weighted by atomic mass is 79.9. The van der Waals surface area contributed by atoms with E-state index in [2.05, 4.69) is 34.1 Å². The molecular weight excluding hydrogens is 256 g/mol. The molecule has 4 heteroatoms. The number of hydrogen-bond acceptors (Lipinski definition) is 2. The zero-order valence-corrected chi connectivity index (χ0v) is 10.8. The van der Waals surface area contributed by atoms with Crippen molar-refractivity contribution < 1.29 is 4.74 Å². The van der Waals surface area contributed by atoms with Crippen LogP contribution in [-0.2, 0) is 18.2 Å². The Balaban J connectivity index is 2.14. The Morgan fingerprint density at radius 1 is 1.73 bits per heavy atom. The smallest absolute Gasteiger partial charge is 0.0615 e. The van der Waals surface area contributed by atoms with Gasteiger partial charge in [0.2, 0.25) is 0 Å². The van der Waals surface area contributed by atoms with Crippen LogP contribution in [0.15, 0.2) is 12.4 Å². The molecule has 1 aromatic heterocycles. The second-order valence-corrected chi connectivity index (χ2v) is 5.02. The number of alkyl halides is 1. The molecule has 1 saturated heterocycles. The van der Waals surface area contributed by atoms with Gasteiger partial charge >= 0.3 is 0 Å². The molecule has 3 nitrogen and oxygen atoms in total.